The highest BCUT2D eigenvalue weighted by Crippen LogP contribution is 2.30. The van der Waals surface area contributed by atoms with Crippen LogP contribution >= 0.6 is 11.6 Å². The van der Waals surface area contributed by atoms with Gasteiger partial charge in [0.25, 0.3) is 0 Å². The molecule has 6 nitrogen and oxygen atoms in total. The summed E-state index contributed by atoms with van der Waals surface area (Å²) in [6.07, 6.45) is 2.99. The first-order valence-electron chi connectivity index (χ1n) is 10.7. The Labute approximate surface area is 197 Å². The number of nitrogens with zero attached hydrogens (tertiary/aromatic N) is 1. The fraction of sp³-hybridized carbons (Fsp3) is 0.375. The first-order valence-corrected chi connectivity index (χ1v) is 11.1. The lowest BCUT2D eigenvalue weighted by Crippen LogP contribution is -2.43. The van der Waals surface area contributed by atoms with Gasteiger partial charge in [-0.1, -0.05) is 29.8 Å². The smallest absolute Gasteiger partial charge is 0.387 e. The highest BCUT2D eigenvalue weighted by molar-refractivity contribution is 6.30. The van der Waals surface area contributed by atoms with Crippen LogP contribution in [-0.2, 0) is 9.53 Å². The number of carbonyl (C=O) groups is 1. The third-order valence-corrected chi connectivity index (χ3v) is 5.37. The third kappa shape index (κ3) is 7.70. The second-order valence-electron chi connectivity index (χ2n) is 7.31. The number of alkyl halides is 2. The van der Waals surface area contributed by atoms with E-state index in [2.05, 4.69) is 15.0 Å². The molecule has 178 valence electrons. The number of benzene rings is 2. The number of rotatable bonds is 10. The first-order chi connectivity index (χ1) is 16.0. The lowest BCUT2D eigenvalue weighted by molar-refractivity contribution is -0.116. The number of ether oxygens (including phenoxy) is 3. The average molecular weight is 481 g/mol. The van der Waals surface area contributed by atoms with Gasteiger partial charge in [-0.2, -0.15) is 8.78 Å². The van der Waals surface area contributed by atoms with Crippen LogP contribution in [-0.4, -0.2) is 56.9 Å². The highest BCUT2D eigenvalue weighted by Gasteiger charge is 2.23. The molecule has 1 saturated heterocycles. The monoisotopic (exact) mass is 480 g/mol. The van der Waals surface area contributed by atoms with Crippen LogP contribution in [0.5, 0.6) is 11.5 Å². The maximum Gasteiger partial charge on any atom is 0.387 e. The molecule has 1 aliphatic heterocycles. The molecule has 0 radical (unpaired) electrons. The van der Waals surface area contributed by atoms with Crippen molar-refractivity contribution in [3.05, 3.63) is 64.7 Å². The predicted molar refractivity (Wildman–Crippen MR) is 123 cm³/mol. The highest BCUT2D eigenvalue weighted by atomic mass is 35.5. The molecule has 0 aliphatic carbocycles. The number of carbonyl (C=O) groups excluding carboxylic acids is 1. The van der Waals surface area contributed by atoms with E-state index in [4.69, 9.17) is 21.1 Å². The summed E-state index contributed by atoms with van der Waals surface area (Å²) in [6.45, 7) is 2.33. The minimum absolute atomic E-state index is 0.0150. The zero-order valence-corrected chi connectivity index (χ0v) is 19.1. The Morgan fingerprint density at radius 2 is 1.91 bits per heavy atom. The van der Waals surface area contributed by atoms with Crippen molar-refractivity contribution in [1.29, 1.82) is 0 Å². The lowest BCUT2D eigenvalue weighted by Gasteiger charge is -2.34. The maximum atomic E-state index is 12.6. The molecule has 3 rings (SSSR count). The summed E-state index contributed by atoms with van der Waals surface area (Å²) in [5.41, 5.74) is 1.68. The molecule has 33 heavy (non-hydrogen) atoms. The second kappa shape index (κ2) is 12.5. The molecule has 0 spiro atoms. The van der Waals surface area contributed by atoms with Gasteiger partial charge in [0.2, 0.25) is 5.91 Å². The minimum Gasteiger partial charge on any atom is -0.490 e. The lowest BCUT2D eigenvalue weighted by atomic mass is 10.0. The second-order valence-corrected chi connectivity index (χ2v) is 7.75. The topological polar surface area (TPSA) is 60.0 Å². The summed E-state index contributed by atoms with van der Waals surface area (Å²) in [5.74, 6) is -0.131. The van der Waals surface area contributed by atoms with Gasteiger partial charge in [-0.3, -0.25) is 9.69 Å². The molecule has 0 bridgehead atoms. The number of nitrogens with one attached hydrogen (secondary N) is 1. The van der Waals surface area contributed by atoms with Crippen LogP contribution in [0.15, 0.2) is 48.5 Å². The van der Waals surface area contributed by atoms with Crippen molar-refractivity contribution < 1.29 is 27.8 Å². The van der Waals surface area contributed by atoms with Crippen LogP contribution in [0.4, 0.5) is 8.78 Å². The van der Waals surface area contributed by atoms with Crippen molar-refractivity contribution in [1.82, 2.24) is 10.2 Å². The maximum absolute atomic E-state index is 12.6. The Hall–Kier alpha value is -2.68. The Morgan fingerprint density at radius 3 is 2.58 bits per heavy atom. The molecule has 1 atom stereocenters. The molecule has 1 amide bonds. The van der Waals surface area contributed by atoms with E-state index in [1.54, 1.807) is 25.1 Å². The largest absolute Gasteiger partial charge is 0.490 e. The van der Waals surface area contributed by atoms with Crippen LogP contribution in [0.25, 0.3) is 6.08 Å². The average Bonchev–Trinajstić information content (AvgIpc) is 2.81. The van der Waals surface area contributed by atoms with Gasteiger partial charge in [0.05, 0.1) is 25.9 Å². The fourth-order valence-corrected chi connectivity index (χ4v) is 3.68. The molecular formula is C24H27ClF2N2O4. The van der Waals surface area contributed by atoms with Gasteiger partial charge < -0.3 is 19.5 Å². The number of amides is 1. The Bertz CT molecular complexity index is 935. The Morgan fingerprint density at radius 1 is 1.18 bits per heavy atom. The van der Waals surface area contributed by atoms with E-state index in [1.807, 2.05) is 24.3 Å². The summed E-state index contributed by atoms with van der Waals surface area (Å²) >= 11 is 6.03. The van der Waals surface area contributed by atoms with Crippen molar-refractivity contribution in [2.24, 2.45) is 0 Å². The molecule has 1 heterocycles. The van der Waals surface area contributed by atoms with Crippen LogP contribution in [0.3, 0.4) is 0 Å². The normalized spacial score (nSPS) is 15.5. The SMILES string of the molecule is CCOc1cc(/C=C/C(=O)NCC(c2ccc(Cl)cc2)N2CCOCC2)ccc1OC(F)F. The Kier molecular flexibility index (Phi) is 9.47. The summed E-state index contributed by atoms with van der Waals surface area (Å²) in [4.78, 5) is 14.8. The standard InChI is InChI=1S/C24H27ClF2N2O4/c1-2-32-22-15-17(3-9-21(22)33-24(26)27)4-10-23(30)28-16-20(29-11-13-31-14-12-29)18-5-7-19(25)8-6-18/h3-10,15,20,24H,2,11-14,16H2,1H3,(H,28,30)/b10-4+. The molecule has 1 fully saturated rings. The van der Waals surface area contributed by atoms with Gasteiger partial charge in [0.15, 0.2) is 11.5 Å². The molecule has 1 N–H and O–H groups in total. The van der Waals surface area contributed by atoms with Gasteiger partial charge >= 0.3 is 6.61 Å². The van der Waals surface area contributed by atoms with E-state index < -0.39 is 6.61 Å². The van der Waals surface area contributed by atoms with Gasteiger partial charge in [-0.15, -0.1) is 0 Å². The third-order valence-electron chi connectivity index (χ3n) is 5.12. The molecule has 1 aliphatic rings. The van der Waals surface area contributed by atoms with E-state index in [9.17, 15) is 13.6 Å². The minimum atomic E-state index is -2.95. The van der Waals surface area contributed by atoms with Gasteiger partial charge in [0.1, 0.15) is 0 Å². The number of hydrogen-bond donors (Lipinski definition) is 1. The number of morpholine rings is 1. The van der Waals surface area contributed by atoms with E-state index >= 15 is 0 Å². The van der Waals surface area contributed by atoms with E-state index in [0.29, 0.717) is 37.0 Å². The quantitative estimate of drug-likeness (QED) is 0.506. The van der Waals surface area contributed by atoms with Crippen molar-refractivity contribution in [2.45, 2.75) is 19.6 Å². The van der Waals surface area contributed by atoms with Gasteiger partial charge in [-0.25, -0.2) is 0 Å². The van der Waals surface area contributed by atoms with Crippen molar-refractivity contribution in [2.75, 3.05) is 39.5 Å². The predicted octanol–water partition coefficient (Wildman–Crippen LogP) is 4.54. The summed E-state index contributed by atoms with van der Waals surface area (Å²) < 4.78 is 40.4. The van der Waals surface area contributed by atoms with E-state index in [0.717, 1.165) is 18.7 Å². The molecular weight excluding hydrogens is 454 g/mol. The molecule has 2 aromatic rings. The fourth-order valence-electron chi connectivity index (χ4n) is 3.55. The zero-order valence-electron chi connectivity index (χ0n) is 18.3. The van der Waals surface area contributed by atoms with Gasteiger partial charge in [-0.05, 0) is 48.4 Å². The molecule has 0 saturated carbocycles. The van der Waals surface area contributed by atoms with E-state index in [1.165, 1.54) is 12.1 Å². The van der Waals surface area contributed by atoms with Crippen molar-refractivity contribution in [3.8, 4) is 11.5 Å². The molecule has 9 heteroatoms. The zero-order chi connectivity index (χ0) is 23.6. The summed E-state index contributed by atoms with van der Waals surface area (Å²) in [7, 11) is 0. The van der Waals surface area contributed by atoms with Gasteiger partial charge in [0, 0.05) is 30.7 Å². The molecule has 1 unspecified atom stereocenters. The molecule has 2 aromatic carbocycles. The number of halogens is 3. The van der Waals surface area contributed by atoms with Crippen LogP contribution in [0.2, 0.25) is 5.02 Å². The van der Waals surface area contributed by atoms with Crippen LogP contribution in [0, 0.1) is 0 Å². The van der Waals surface area contributed by atoms with Crippen LogP contribution in [0.1, 0.15) is 24.1 Å². The number of hydrogen-bond acceptors (Lipinski definition) is 5. The van der Waals surface area contributed by atoms with E-state index in [-0.39, 0.29) is 23.4 Å². The van der Waals surface area contributed by atoms with Crippen LogP contribution < -0.4 is 14.8 Å². The molecule has 0 aromatic heterocycles. The summed E-state index contributed by atoms with van der Waals surface area (Å²) in [6, 6.07) is 12.1. The Balaban J connectivity index is 1.65. The summed E-state index contributed by atoms with van der Waals surface area (Å²) in [5, 5.41) is 3.60. The van der Waals surface area contributed by atoms with Crippen molar-refractivity contribution in [3.63, 3.8) is 0 Å². The first kappa shape index (κ1) is 25.0. The van der Waals surface area contributed by atoms with Crippen molar-refractivity contribution >= 4 is 23.6 Å².